The number of carbonyl (C=O) groups excluding carboxylic acids is 6. The van der Waals surface area contributed by atoms with Crippen LogP contribution in [-0.2, 0) is 40.0 Å². The van der Waals surface area contributed by atoms with Crippen LogP contribution in [0.25, 0.3) is 0 Å². The fraction of sp³-hybridized carbons (Fsp3) is 0.517. The number of carboxylic acid groups (broad SMARTS) is 1. The molecule has 0 saturated carbocycles. The molecule has 1 unspecified atom stereocenters. The van der Waals surface area contributed by atoms with Crippen molar-refractivity contribution in [2.75, 3.05) is 13.1 Å². The molecule has 5 atom stereocenters. The lowest BCUT2D eigenvalue weighted by atomic mass is 9.72. The molecule has 0 fully saturated rings. The summed E-state index contributed by atoms with van der Waals surface area (Å²) in [6.07, 6.45) is -0.962. The van der Waals surface area contributed by atoms with Crippen LogP contribution in [0.1, 0.15) is 51.5 Å². The zero-order valence-electron chi connectivity index (χ0n) is 27.8. The molecule has 0 heterocycles. The van der Waals surface area contributed by atoms with Gasteiger partial charge in [-0.05, 0) is 49.7 Å². The number of nitrogens with two attached hydrogens (primary N) is 3. The van der Waals surface area contributed by atoms with Gasteiger partial charge in [0.1, 0.15) is 29.9 Å². The minimum absolute atomic E-state index is 0.0330. The summed E-state index contributed by atoms with van der Waals surface area (Å²) in [6.45, 7) is 2.17. The quantitative estimate of drug-likeness (QED) is 0.0235. The smallest absolute Gasteiger partial charge is 0.454 e. The number of primary amides is 1. The minimum Gasteiger partial charge on any atom is -0.508 e. The standard InChI is InChI=1S/C29H46BN9O11/c1-15(30(49)50)12-23(42)35-14-24(43)37-19(4-3-11-34-29(32)33)27(46)38-20(9-10-22(31)41)26(45)36-16(2)25(44)39-21(28(47)48)13-17-5-7-18(40)8-6-17/h5-8,15-16,19-21,40,49-50H,3-4,9-14H2,1-2H3,(H2,31,41)(H,35,42)(H,36,45)(H,37,43)(H,38,46)(H,39,44)(H,47,48)(H4,32,33,34)/t15?,16-,19-,20-,21-/m0/s1. The summed E-state index contributed by atoms with van der Waals surface area (Å²) in [5, 5.41) is 49.2. The van der Waals surface area contributed by atoms with Crippen LogP contribution in [0, 0.1) is 0 Å². The SMILES string of the molecule is CC(CC(=O)NCC(=O)N[C@@H](CCCN=C(N)N)C(=O)N[C@@H](CCC(N)=O)C(=O)N[C@@H](C)C(=O)N[C@@H](Cc1ccc(O)cc1)C(=O)O)B(O)O. The molecule has 276 valence electrons. The van der Waals surface area contributed by atoms with E-state index in [1.807, 2.05) is 0 Å². The van der Waals surface area contributed by atoms with Gasteiger partial charge in [-0.15, -0.1) is 0 Å². The Kier molecular flexibility index (Phi) is 18.3. The van der Waals surface area contributed by atoms with E-state index in [9.17, 15) is 43.8 Å². The number of amides is 6. The minimum atomic E-state index is -1.75. The van der Waals surface area contributed by atoms with Crippen LogP contribution in [0.2, 0.25) is 5.82 Å². The van der Waals surface area contributed by atoms with Gasteiger partial charge in [0, 0.05) is 25.8 Å². The number of nitrogens with one attached hydrogen (secondary N) is 5. The van der Waals surface area contributed by atoms with Crippen molar-refractivity contribution in [1.82, 2.24) is 26.6 Å². The highest BCUT2D eigenvalue weighted by molar-refractivity contribution is 6.43. The first-order valence-corrected chi connectivity index (χ1v) is 15.6. The molecule has 0 spiro atoms. The van der Waals surface area contributed by atoms with Gasteiger partial charge in [0.15, 0.2) is 5.96 Å². The first-order chi connectivity index (χ1) is 23.4. The van der Waals surface area contributed by atoms with Crippen LogP contribution >= 0.6 is 0 Å². The Morgan fingerprint density at radius 3 is 1.94 bits per heavy atom. The number of hydrogen-bond donors (Lipinski definition) is 12. The van der Waals surface area contributed by atoms with Gasteiger partial charge in [-0.25, -0.2) is 4.79 Å². The number of aliphatic carboxylic acids is 1. The van der Waals surface area contributed by atoms with Gasteiger partial charge in [0.2, 0.25) is 35.4 Å². The van der Waals surface area contributed by atoms with Gasteiger partial charge in [0.25, 0.3) is 0 Å². The fourth-order valence-corrected chi connectivity index (χ4v) is 4.24. The second-order valence-electron chi connectivity index (χ2n) is 11.5. The van der Waals surface area contributed by atoms with Crippen molar-refractivity contribution in [3.63, 3.8) is 0 Å². The Morgan fingerprint density at radius 2 is 1.38 bits per heavy atom. The van der Waals surface area contributed by atoms with Crippen LogP contribution in [0.4, 0.5) is 0 Å². The molecule has 1 aromatic carbocycles. The number of aliphatic imine (C=N–C) groups is 1. The topological polar surface area (TPSA) is 351 Å². The molecule has 6 amide bonds. The van der Waals surface area contributed by atoms with E-state index >= 15 is 0 Å². The van der Waals surface area contributed by atoms with E-state index in [1.165, 1.54) is 38.1 Å². The lowest BCUT2D eigenvalue weighted by Crippen LogP contribution is -2.57. The Balaban J connectivity index is 3.02. The number of phenols is 1. The van der Waals surface area contributed by atoms with Crippen molar-refractivity contribution in [2.24, 2.45) is 22.2 Å². The van der Waals surface area contributed by atoms with E-state index in [0.29, 0.717) is 5.56 Å². The summed E-state index contributed by atoms with van der Waals surface area (Å²) < 4.78 is 0. The van der Waals surface area contributed by atoms with Gasteiger partial charge >= 0.3 is 13.1 Å². The second kappa shape index (κ2) is 21.5. The molecule has 21 heteroatoms. The van der Waals surface area contributed by atoms with E-state index in [2.05, 4.69) is 31.6 Å². The van der Waals surface area contributed by atoms with E-state index < -0.39 is 85.1 Å². The van der Waals surface area contributed by atoms with Crippen molar-refractivity contribution in [2.45, 2.75) is 82.4 Å². The normalized spacial score (nSPS) is 13.6. The molecule has 0 aliphatic heterocycles. The molecule has 0 aromatic heterocycles. The van der Waals surface area contributed by atoms with Gasteiger partial charge in [-0.3, -0.25) is 33.8 Å². The number of carbonyl (C=O) groups is 7. The van der Waals surface area contributed by atoms with Crippen molar-refractivity contribution in [1.29, 1.82) is 0 Å². The highest BCUT2D eigenvalue weighted by atomic mass is 16.4. The number of nitrogens with zero attached hydrogens (tertiary/aromatic N) is 1. The molecular formula is C29H46BN9O11. The second-order valence-corrected chi connectivity index (χ2v) is 11.5. The summed E-state index contributed by atoms with van der Waals surface area (Å²) in [5.41, 5.74) is 16.4. The van der Waals surface area contributed by atoms with Crippen LogP contribution in [-0.4, -0.2) is 112 Å². The average Bonchev–Trinajstić information content (AvgIpc) is 3.03. The number of benzene rings is 1. The highest BCUT2D eigenvalue weighted by Gasteiger charge is 2.30. The van der Waals surface area contributed by atoms with Crippen LogP contribution in [0.3, 0.4) is 0 Å². The molecule has 0 radical (unpaired) electrons. The number of carboxylic acids is 1. The van der Waals surface area contributed by atoms with Gasteiger partial charge in [-0.2, -0.15) is 0 Å². The number of aromatic hydroxyl groups is 1. The monoisotopic (exact) mass is 707 g/mol. The zero-order valence-corrected chi connectivity index (χ0v) is 27.8. The van der Waals surface area contributed by atoms with Crippen LogP contribution in [0.15, 0.2) is 29.3 Å². The largest absolute Gasteiger partial charge is 0.508 e. The first-order valence-electron chi connectivity index (χ1n) is 15.6. The number of hydrogen-bond acceptors (Lipinski definition) is 11. The van der Waals surface area contributed by atoms with E-state index in [4.69, 9.17) is 27.2 Å². The predicted octanol–water partition coefficient (Wildman–Crippen LogP) is -4.33. The van der Waals surface area contributed by atoms with Gasteiger partial charge < -0.3 is 64.0 Å². The maximum absolute atomic E-state index is 13.3. The molecule has 0 bridgehead atoms. The zero-order chi connectivity index (χ0) is 38.0. The maximum Gasteiger partial charge on any atom is 0.454 e. The summed E-state index contributed by atoms with van der Waals surface area (Å²) in [4.78, 5) is 91.3. The third-order valence-corrected chi connectivity index (χ3v) is 7.11. The van der Waals surface area contributed by atoms with Crippen LogP contribution < -0.4 is 43.8 Å². The fourth-order valence-electron chi connectivity index (χ4n) is 4.24. The third kappa shape index (κ3) is 17.1. The Hall–Kier alpha value is -5.44. The highest BCUT2D eigenvalue weighted by Crippen LogP contribution is 2.12. The Labute approximate surface area is 288 Å². The molecule has 15 N–H and O–H groups in total. The summed E-state index contributed by atoms with van der Waals surface area (Å²) in [5.74, 6) is -7.37. The third-order valence-electron chi connectivity index (χ3n) is 7.11. The number of guanidine groups is 1. The molecule has 20 nitrogen and oxygen atoms in total. The lowest BCUT2D eigenvalue weighted by Gasteiger charge is -2.25. The van der Waals surface area contributed by atoms with Gasteiger partial charge in [-0.1, -0.05) is 19.1 Å². The molecule has 50 heavy (non-hydrogen) atoms. The Morgan fingerprint density at radius 1 is 0.800 bits per heavy atom. The van der Waals surface area contributed by atoms with E-state index in [-0.39, 0.29) is 56.8 Å². The van der Waals surface area contributed by atoms with E-state index in [0.717, 1.165) is 0 Å². The van der Waals surface area contributed by atoms with E-state index in [1.54, 1.807) is 0 Å². The maximum atomic E-state index is 13.3. The predicted molar refractivity (Wildman–Crippen MR) is 178 cm³/mol. The van der Waals surface area contributed by atoms with Crippen molar-refractivity contribution in [3.05, 3.63) is 29.8 Å². The van der Waals surface area contributed by atoms with Crippen LogP contribution in [0.5, 0.6) is 5.75 Å². The number of rotatable bonds is 22. The molecule has 0 saturated heterocycles. The molecule has 1 rings (SSSR count). The molecule has 0 aliphatic rings. The van der Waals surface area contributed by atoms with Crippen molar-refractivity contribution >= 4 is 54.5 Å². The van der Waals surface area contributed by atoms with Gasteiger partial charge in [0.05, 0.1) is 6.54 Å². The summed E-state index contributed by atoms with van der Waals surface area (Å²) in [7, 11) is -1.75. The first kappa shape index (κ1) is 42.6. The van der Waals surface area contributed by atoms with Crippen molar-refractivity contribution < 1.29 is 53.8 Å². The number of phenolic OH excluding ortho intramolecular Hbond substituents is 1. The Bertz CT molecular complexity index is 1370. The summed E-state index contributed by atoms with van der Waals surface area (Å²) in [6, 6.07) is 0.213. The molecule has 0 aliphatic carbocycles. The summed E-state index contributed by atoms with van der Waals surface area (Å²) >= 11 is 0. The lowest BCUT2D eigenvalue weighted by molar-refractivity contribution is -0.142. The molecule has 1 aromatic rings. The average molecular weight is 708 g/mol. The molecular weight excluding hydrogens is 661 g/mol. The van der Waals surface area contributed by atoms with Crippen molar-refractivity contribution in [3.8, 4) is 5.75 Å².